The third-order valence-electron chi connectivity index (χ3n) is 3.91. The van der Waals surface area contributed by atoms with E-state index in [0.717, 1.165) is 19.3 Å². The van der Waals surface area contributed by atoms with Crippen molar-refractivity contribution in [3.63, 3.8) is 0 Å². The molecule has 0 fully saturated rings. The highest BCUT2D eigenvalue weighted by atomic mass is 19.1. The van der Waals surface area contributed by atoms with E-state index in [1.807, 2.05) is 6.07 Å². The maximum Gasteiger partial charge on any atom is 0.258 e. The Labute approximate surface area is 133 Å². The van der Waals surface area contributed by atoms with Crippen LogP contribution in [0.5, 0.6) is 0 Å². The molecule has 0 saturated carbocycles. The predicted octanol–water partition coefficient (Wildman–Crippen LogP) is 3.79. The van der Waals surface area contributed by atoms with E-state index in [9.17, 15) is 9.18 Å². The number of halogens is 1. The van der Waals surface area contributed by atoms with Crippen molar-refractivity contribution >= 4 is 10.8 Å². The normalized spacial score (nSPS) is 11.0. The molecule has 0 atom stereocenters. The van der Waals surface area contributed by atoms with E-state index in [0.29, 0.717) is 28.6 Å². The first kappa shape index (κ1) is 15.3. The summed E-state index contributed by atoms with van der Waals surface area (Å²) >= 11 is 0. The molecule has 0 aliphatic heterocycles. The van der Waals surface area contributed by atoms with Gasteiger partial charge < -0.3 is 4.57 Å². The van der Waals surface area contributed by atoms with Gasteiger partial charge in [0.05, 0.1) is 17.3 Å². The number of rotatable bonds is 5. The lowest BCUT2D eigenvalue weighted by Gasteiger charge is -2.09. The summed E-state index contributed by atoms with van der Waals surface area (Å²) in [7, 11) is 0. The van der Waals surface area contributed by atoms with Crippen LogP contribution in [0.4, 0.5) is 4.39 Å². The van der Waals surface area contributed by atoms with Crippen LogP contribution in [0, 0.1) is 5.82 Å². The van der Waals surface area contributed by atoms with Crippen LogP contribution in [0.3, 0.4) is 0 Å². The molecule has 3 rings (SSSR count). The number of pyridine rings is 1. The number of benzene rings is 1. The molecule has 0 bridgehead atoms. The van der Waals surface area contributed by atoms with Gasteiger partial charge in [-0.1, -0.05) is 19.8 Å². The van der Waals surface area contributed by atoms with Gasteiger partial charge >= 0.3 is 0 Å². The van der Waals surface area contributed by atoms with E-state index >= 15 is 0 Å². The van der Waals surface area contributed by atoms with Gasteiger partial charge in [-0.05, 0) is 30.0 Å². The molecule has 2 heterocycles. The Hall–Kier alpha value is -2.56. The molecule has 0 amide bonds. The zero-order chi connectivity index (χ0) is 16.2. The van der Waals surface area contributed by atoms with Gasteiger partial charge in [0.25, 0.3) is 5.56 Å². The second-order valence-corrected chi connectivity index (χ2v) is 5.53. The number of fused-ring (bicyclic) bond motifs is 1. The Morgan fingerprint density at radius 3 is 2.83 bits per heavy atom. The molecule has 0 aliphatic rings. The SMILES string of the molecule is CCCCCn1ccc2cc(-c3cnccn3)c(F)cc2c1=O. The molecule has 2 aromatic heterocycles. The molecule has 0 unspecified atom stereocenters. The van der Waals surface area contributed by atoms with Crippen molar-refractivity contribution in [2.24, 2.45) is 0 Å². The molecule has 0 aliphatic carbocycles. The van der Waals surface area contributed by atoms with Gasteiger partial charge in [0.15, 0.2) is 0 Å². The summed E-state index contributed by atoms with van der Waals surface area (Å²) < 4.78 is 16.1. The Kier molecular flexibility index (Phi) is 4.46. The highest BCUT2D eigenvalue weighted by molar-refractivity contribution is 5.86. The standard InChI is InChI=1S/C18H18FN3O/c1-2-3-4-8-22-9-5-13-10-15(17-12-20-6-7-21-17)16(19)11-14(13)18(22)23/h5-7,9-12H,2-4,8H2,1H3. The fourth-order valence-electron chi connectivity index (χ4n) is 2.65. The molecular formula is C18H18FN3O. The van der Waals surface area contributed by atoms with E-state index in [-0.39, 0.29) is 5.56 Å². The Morgan fingerprint density at radius 1 is 1.22 bits per heavy atom. The highest BCUT2D eigenvalue weighted by Gasteiger charge is 2.11. The third kappa shape index (κ3) is 3.13. The van der Waals surface area contributed by atoms with Crippen molar-refractivity contribution < 1.29 is 4.39 Å². The van der Waals surface area contributed by atoms with Crippen LogP contribution in [0.1, 0.15) is 26.2 Å². The number of hydrogen-bond acceptors (Lipinski definition) is 3. The van der Waals surface area contributed by atoms with Gasteiger partial charge in [-0.3, -0.25) is 14.8 Å². The predicted molar refractivity (Wildman–Crippen MR) is 88.7 cm³/mol. The summed E-state index contributed by atoms with van der Waals surface area (Å²) in [5, 5.41) is 1.11. The second kappa shape index (κ2) is 6.69. The summed E-state index contributed by atoms with van der Waals surface area (Å²) in [6, 6.07) is 4.81. The lowest BCUT2D eigenvalue weighted by molar-refractivity contribution is 0.590. The Bertz CT molecular complexity index is 875. The molecule has 0 spiro atoms. The fraction of sp³-hybridized carbons (Fsp3) is 0.278. The topological polar surface area (TPSA) is 47.8 Å². The number of hydrogen-bond donors (Lipinski definition) is 0. The van der Waals surface area contributed by atoms with Gasteiger partial charge in [0, 0.05) is 30.7 Å². The number of aromatic nitrogens is 3. The first-order chi connectivity index (χ1) is 11.2. The molecule has 118 valence electrons. The molecule has 5 heteroatoms. The van der Waals surface area contributed by atoms with Crippen molar-refractivity contribution in [2.75, 3.05) is 0 Å². The van der Waals surface area contributed by atoms with E-state index in [1.165, 1.54) is 24.7 Å². The summed E-state index contributed by atoms with van der Waals surface area (Å²) in [4.78, 5) is 20.6. The Morgan fingerprint density at radius 2 is 2.09 bits per heavy atom. The smallest absolute Gasteiger partial charge is 0.258 e. The average molecular weight is 311 g/mol. The van der Waals surface area contributed by atoms with Crippen molar-refractivity contribution in [1.82, 2.24) is 14.5 Å². The lowest BCUT2D eigenvalue weighted by atomic mass is 10.1. The van der Waals surface area contributed by atoms with Gasteiger partial charge in [-0.15, -0.1) is 0 Å². The molecule has 1 aromatic carbocycles. The molecule has 0 N–H and O–H groups in total. The van der Waals surface area contributed by atoms with Crippen molar-refractivity contribution in [3.05, 3.63) is 59.2 Å². The lowest BCUT2D eigenvalue weighted by Crippen LogP contribution is -2.19. The number of aryl methyl sites for hydroxylation is 1. The summed E-state index contributed by atoms with van der Waals surface area (Å²) in [5.74, 6) is -0.457. The number of unbranched alkanes of at least 4 members (excludes halogenated alkanes) is 2. The van der Waals surface area contributed by atoms with Crippen LogP contribution in [-0.2, 0) is 6.54 Å². The van der Waals surface area contributed by atoms with Gasteiger partial charge in [-0.25, -0.2) is 4.39 Å². The minimum absolute atomic E-state index is 0.150. The van der Waals surface area contributed by atoms with E-state index in [1.54, 1.807) is 16.8 Å². The van der Waals surface area contributed by atoms with Gasteiger partial charge in [-0.2, -0.15) is 0 Å². The molecular weight excluding hydrogens is 293 g/mol. The highest BCUT2D eigenvalue weighted by Crippen LogP contribution is 2.24. The zero-order valence-electron chi connectivity index (χ0n) is 13.0. The molecule has 4 nitrogen and oxygen atoms in total. The molecule has 0 radical (unpaired) electrons. The minimum Gasteiger partial charge on any atom is -0.315 e. The second-order valence-electron chi connectivity index (χ2n) is 5.53. The van der Waals surface area contributed by atoms with Crippen LogP contribution in [0.15, 0.2) is 47.8 Å². The van der Waals surface area contributed by atoms with Crippen molar-refractivity contribution in [1.29, 1.82) is 0 Å². The monoisotopic (exact) mass is 311 g/mol. The fourth-order valence-corrected chi connectivity index (χ4v) is 2.65. The van der Waals surface area contributed by atoms with Crippen LogP contribution in [0.25, 0.3) is 22.0 Å². The third-order valence-corrected chi connectivity index (χ3v) is 3.91. The van der Waals surface area contributed by atoms with Gasteiger partial charge in [0.1, 0.15) is 5.82 Å². The van der Waals surface area contributed by atoms with Crippen LogP contribution >= 0.6 is 0 Å². The van der Waals surface area contributed by atoms with Gasteiger partial charge in [0.2, 0.25) is 0 Å². The number of nitrogens with zero attached hydrogens (tertiary/aromatic N) is 3. The first-order valence-electron chi connectivity index (χ1n) is 7.80. The summed E-state index contributed by atoms with van der Waals surface area (Å²) in [6.45, 7) is 2.78. The van der Waals surface area contributed by atoms with E-state index < -0.39 is 5.82 Å². The van der Waals surface area contributed by atoms with Crippen LogP contribution < -0.4 is 5.56 Å². The quantitative estimate of drug-likeness (QED) is 0.674. The molecule has 3 aromatic rings. The van der Waals surface area contributed by atoms with Crippen LogP contribution in [-0.4, -0.2) is 14.5 Å². The maximum absolute atomic E-state index is 14.4. The van der Waals surface area contributed by atoms with E-state index in [4.69, 9.17) is 0 Å². The van der Waals surface area contributed by atoms with Crippen LogP contribution in [0.2, 0.25) is 0 Å². The first-order valence-corrected chi connectivity index (χ1v) is 7.80. The molecule has 23 heavy (non-hydrogen) atoms. The zero-order valence-corrected chi connectivity index (χ0v) is 13.0. The summed E-state index contributed by atoms with van der Waals surface area (Å²) in [5.41, 5.74) is 0.663. The summed E-state index contributed by atoms with van der Waals surface area (Å²) in [6.07, 6.45) is 9.46. The minimum atomic E-state index is -0.457. The largest absolute Gasteiger partial charge is 0.315 e. The Balaban J connectivity index is 2.05. The van der Waals surface area contributed by atoms with Crippen molar-refractivity contribution in [3.8, 4) is 11.3 Å². The van der Waals surface area contributed by atoms with Crippen molar-refractivity contribution in [2.45, 2.75) is 32.7 Å². The maximum atomic E-state index is 14.4. The average Bonchev–Trinajstić information content (AvgIpc) is 2.58. The van der Waals surface area contributed by atoms with E-state index in [2.05, 4.69) is 16.9 Å². The molecule has 0 saturated heterocycles.